The van der Waals surface area contributed by atoms with Crippen molar-refractivity contribution in [2.75, 3.05) is 0 Å². The molecule has 0 saturated heterocycles. The van der Waals surface area contributed by atoms with Gasteiger partial charge in [0.2, 0.25) is 0 Å². The van der Waals surface area contributed by atoms with Crippen LogP contribution in [0.1, 0.15) is 219 Å². The molecule has 3 aliphatic rings. The van der Waals surface area contributed by atoms with E-state index in [1.165, 1.54) is 64.2 Å². The first kappa shape index (κ1) is 116. The standard InChI is InChI=1S/3C3H6.C3H8.C3H6.8C2H6.2C2H4.3CH4.B.FH.H2/c3*1-2-3-1;2*1-3-2;10*1-2;;;;;;/h3*1-3H2;3H2,1-2H3;3H,1H2,2H3;8*1-2H3;2*1-2H2;3*1H4;;2*1H/i;;;;;;;;;;;;;;;;;;;;1+1. The smallest absolute Gasteiger partial charge is 0 e. The molecular weight excluding hydrogens is 486 g/mol. The molecule has 3 rings (SSSR count). The van der Waals surface area contributed by atoms with Gasteiger partial charge in [0.05, 0.1) is 0 Å². The quantitative estimate of drug-likeness (QED) is 0.194. The van der Waals surface area contributed by atoms with Gasteiger partial charge in [-0.05, 0) is 6.92 Å². The van der Waals surface area contributed by atoms with Gasteiger partial charge in [0.25, 0.3) is 0 Å². The van der Waals surface area contributed by atoms with Crippen LogP contribution >= 0.6 is 0 Å². The Bertz CT molecular complexity index is 105. The molecule has 0 amide bonds. The summed E-state index contributed by atoms with van der Waals surface area (Å²) in [5.41, 5.74) is 0. The number of hydrogen-bond acceptors (Lipinski definition) is 0. The Labute approximate surface area is 271 Å². The Morgan fingerprint density at radius 1 is 0.425 bits per heavy atom. The van der Waals surface area contributed by atoms with Crippen LogP contribution in [0.25, 0.3) is 0 Å². The summed E-state index contributed by atoms with van der Waals surface area (Å²) >= 11 is 0. The van der Waals surface area contributed by atoms with E-state index in [2.05, 4.69) is 46.7 Å². The summed E-state index contributed by atoms with van der Waals surface area (Å²) in [7, 11) is 0. The van der Waals surface area contributed by atoms with E-state index < -0.39 is 0 Å². The lowest BCUT2D eigenvalue weighted by molar-refractivity contribution is 1.09. The van der Waals surface area contributed by atoms with E-state index in [1.54, 1.807) is 6.08 Å². The molecule has 0 bridgehead atoms. The highest BCUT2D eigenvalue weighted by molar-refractivity contribution is 5.75. The third-order valence-corrected chi connectivity index (χ3v) is 1.06. The van der Waals surface area contributed by atoms with Crippen molar-refractivity contribution in [2.24, 2.45) is 0 Å². The zero-order valence-corrected chi connectivity index (χ0v) is 31.2. The summed E-state index contributed by atoms with van der Waals surface area (Å²) in [4.78, 5) is 0. The zero-order valence-electron chi connectivity index (χ0n) is 31.2. The molecule has 0 aromatic carbocycles. The monoisotopic (exact) mass is 591 g/mol. The van der Waals surface area contributed by atoms with Crippen LogP contribution in [0.2, 0.25) is 0 Å². The van der Waals surface area contributed by atoms with E-state index in [0.29, 0.717) is 0 Å². The van der Waals surface area contributed by atoms with Crippen LogP contribution in [0.5, 0.6) is 0 Å². The van der Waals surface area contributed by atoms with Gasteiger partial charge in [0.1, 0.15) is 0 Å². The van der Waals surface area contributed by atoms with Crippen LogP contribution in [0.4, 0.5) is 4.70 Å². The summed E-state index contributed by atoms with van der Waals surface area (Å²) in [6.45, 7) is 53.5. The van der Waals surface area contributed by atoms with E-state index in [9.17, 15) is 0 Å². The van der Waals surface area contributed by atoms with Gasteiger partial charge in [-0.1, -0.05) is 217 Å². The molecule has 0 heterocycles. The lowest BCUT2D eigenvalue weighted by Crippen LogP contribution is -1.27. The second-order valence-electron chi connectivity index (χ2n) is 4.30. The zero-order chi connectivity index (χ0) is 31.8. The van der Waals surface area contributed by atoms with Crippen LogP contribution in [0, 0.1) is 0 Å². The molecule has 3 fully saturated rings. The molecule has 3 radical (unpaired) electrons. The van der Waals surface area contributed by atoms with Crippen LogP contribution < -0.4 is 0 Å². The van der Waals surface area contributed by atoms with Gasteiger partial charge in [-0.15, -0.1) is 32.9 Å². The fraction of sp³-hybridized carbons (Fsp3) is 0.842. The Morgan fingerprint density at radius 3 is 0.450 bits per heavy atom. The minimum absolute atomic E-state index is 0. The first-order chi connectivity index (χ1) is 17.3. The average Bonchev–Trinajstić information content (AvgIpc) is 3.82. The Balaban J connectivity index is -0.00000000860. The summed E-state index contributed by atoms with van der Waals surface area (Å²) in [6.07, 6.45) is 16.5. The first-order valence-electron chi connectivity index (χ1n) is 15.9. The predicted molar refractivity (Wildman–Crippen MR) is 217 cm³/mol. The summed E-state index contributed by atoms with van der Waals surface area (Å²) in [5, 5.41) is 0. The van der Waals surface area contributed by atoms with Crippen molar-refractivity contribution < 1.29 is 6.13 Å². The van der Waals surface area contributed by atoms with E-state index in [0.717, 1.165) is 0 Å². The average molecular weight is 591 g/mol. The number of rotatable bonds is 0. The lowest BCUT2D eigenvalue weighted by atomic mass is 10.6. The molecule has 0 aromatic rings. The fourth-order valence-electron chi connectivity index (χ4n) is 0. The maximum atomic E-state index is 3.36. The van der Waals surface area contributed by atoms with Gasteiger partial charge < -0.3 is 0 Å². The van der Waals surface area contributed by atoms with Gasteiger partial charge >= 0.3 is 0 Å². The molecule has 0 aromatic heterocycles. The van der Waals surface area contributed by atoms with Gasteiger partial charge in [0, 0.05) is 9.84 Å². The normalized spacial score (nSPS) is 7.58. The third-order valence-electron chi connectivity index (χ3n) is 1.06. The molecule has 265 valence electrons. The number of halogens is 1. The SMILES string of the molecule is C.C.C.C1CC1.C1CC1.C1CC1.C=C.C=C.C=CC.CC.CC.CC.CC.CC.CC.CC.CC.CCC.F.[2HH].[B]. The summed E-state index contributed by atoms with van der Waals surface area (Å²) < 4.78 is 0. The van der Waals surface area contributed by atoms with Crippen molar-refractivity contribution in [3.63, 3.8) is 0 Å². The van der Waals surface area contributed by atoms with E-state index in [1.807, 2.05) is 118 Å². The van der Waals surface area contributed by atoms with Crippen molar-refractivity contribution in [3.8, 4) is 0 Å². The highest BCUT2D eigenvalue weighted by atomic mass is 19.0. The maximum absolute atomic E-state index is 3.36. The maximum Gasteiger partial charge on any atom is 0 e. The molecular formula is C38H103BF. The molecule has 3 aliphatic carbocycles. The lowest BCUT2D eigenvalue weighted by Gasteiger charge is -1.48. The molecule has 0 unspecified atom stereocenters. The van der Waals surface area contributed by atoms with Crippen molar-refractivity contribution in [1.29, 1.82) is 0 Å². The van der Waals surface area contributed by atoms with Crippen LogP contribution in [0.15, 0.2) is 39.0 Å². The molecule has 0 spiro atoms. The second-order valence-corrected chi connectivity index (χ2v) is 4.30. The third kappa shape index (κ3) is 9950. The molecule has 0 aliphatic heterocycles. The summed E-state index contributed by atoms with van der Waals surface area (Å²) in [5.74, 6) is 0. The molecule has 0 atom stereocenters. The van der Waals surface area contributed by atoms with Crippen molar-refractivity contribution >= 4 is 8.41 Å². The molecule has 0 N–H and O–H groups in total. The van der Waals surface area contributed by atoms with Crippen LogP contribution in [0.3, 0.4) is 0 Å². The van der Waals surface area contributed by atoms with Gasteiger partial charge in [-0.3, -0.25) is 4.70 Å². The van der Waals surface area contributed by atoms with Crippen molar-refractivity contribution in [2.45, 2.75) is 218 Å². The van der Waals surface area contributed by atoms with E-state index >= 15 is 0 Å². The van der Waals surface area contributed by atoms with Gasteiger partial charge in [-0.25, -0.2) is 0 Å². The molecule has 0 nitrogen and oxygen atoms in total. The summed E-state index contributed by atoms with van der Waals surface area (Å²) in [6, 6.07) is 0. The van der Waals surface area contributed by atoms with Crippen molar-refractivity contribution in [3.05, 3.63) is 39.0 Å². The highest BCUT2D eigenvalue weighted by Gasteiger charge is 1.95. The minimum Gasteiger partial charge on any atom is -0.269 e. The van der Waals surface area contributed by atoms with Gasteiger partial charge in [0.15, 0.2) is 0 Å². The largest absolute Gasteiger partial charge is 0.269 e. The van der Waals surface area contributed by atoms with Gasteiger partial charge in [-0.2, -0.15) is 0 Å². The Morgan fingerprint density at radius 2 is 0.450 bits per heavy atom. The minimum atomic E-state index is 0. The Hall–Kier alpha value is -0.785. The molecule has 3 saturated carbocycles. The second kappa shape index (κ2) is 507. The molecule has 40 heavy (non-hydrogen) atoms. The molecule has 2 heteroatoms. The van der Waals surface area contributed by atoms with E-state index in [-0.39, 0.29) is 36.8 Å². The first-order valence-corrected chi connectivity index (χ1v) is 15.9. The van der Waals surface area contributed by atoms with E-state index in [4.69, 9.17) is 0 Å². The number of hydrogen-bond donors (Lipinski definition) is 0. The Kier molecular flexibility index (Phi) is 1470. The highest BCUT2D eigenvalue weighted by Crippen LogP contribution is 2.15. The topological polar surface area (TPSA) is 0 Å². The van der Waals surface area contributed by atoms with Crippen molar-refractivity contribution in [1.82, 2.24) is 0 Å². The number of allylic oxidation sites excluding steroid dienone is 1. The predicted octanol–water partition coefficient (Wildman–Crippen LogP) is 17.9. The van der Waals surface area contributed by atoms with Crippen LogP contribution in [-0.4, -0.2) is 8.41 Å². The van der Waals surface area contributed by atoms with Crippen LogP contribution in [-0.2, 0) is 0 Å². The fourth-order valence-corrected chi connectivity index (χ4v) is 0.